The van der Waals surface area contributed by atoms with Crippen molar-refractivity contribution in [3.63, 3.8) is 0 Å². The first-order chi connectivity index (χ1) is 16.5. The molecule has 3 N–H and O–H groups in total. The van der Waals surface area contributed by atoms with E-state index >= 15 is 0 Å². The van der Waals surface area contributed by atoms with E-state index in [-0.39, 0.29) is 11.9 Å². The number of aromatic amines is 1. The number of fused-ring (bicyclic) bond motifs is 3. The Morgan fingerprint density at radius 2 is 1.79 bits per heavy atom. The van der Waals surface area contributed by atoms with Crippen LogP contribution in [-0.4, -0.2) is 25.1 Å². The predicted octanol–water partition coefficient (Wildman–Crippen LogP) is 4.56. The van der Waals surface area contributed by atoms with Gasteiger partial charge in [-0.05, 0) is 36.8 Å². The fourth-order valence-corrected chi connectivity index (χ4v) is 4.57. The van der Waals surface area contributed by atoms with Crippen LogP contribution < -0.4 is 24.7 Å². The first-order valence-corrected chi connectivity index (χ1v) is 11.1. The number of methoxy groups -OCH3 is 2. The van der Waals surface area contributed by atoms with E-state index in [2.05, 4.69) is 58.0 Å². The fourth-order valence-electron chi connectivity index (χ4n) is 4.57. The molecule has 0 fully saturated rings. The summed E-state index contributed by atoms with van der Waals surface area (Å²) in [7, 11) is 3.15. The number of carbonyl (C=O) groups excluding carboxylic acids is 1. The van der Waals surface area contributed by atoms with E-state index in [1.807, 2.05) is 24.3 Å². The quantitative estimate of drug-likeness (QED) is 0.386. The molecule has 1 aliphatic heterocycles. The highest BCUT2D eigenvalue weighted by Crippen LogP contribution is 2.37. The average molecular weight is 456 g/mol. The van der Waals surface area contributed by atoms with E-state index in [0.29, 0.717) is 22.9 Å². The molecule has 0 spiro atoms. The zero-order valence-electron chi connectivity index (χ0n) is 19.4. The monoisotopic (exact) mass is 455 g/mol. The lowest BCUT2D eigenvalue weighted by Gasteiger charge is -2.31. The number of rotatable bonds is 5. The second-order valence-electron chi connectivity index (χ2n) is 8.40. The Balaban J connectivity index is 1.61. The molecule has 1 aliphatic rings. The van der Waals surface area contributed by atoms with Crippen LogP contribution in [-0.2, 0) is 4.79 Å². The molecular weight excluding hydrogens is 428 g/mol. The van der Waals surface area contributed by atoms with Crippen molar-refractivity contribution in [1.29, 1.82) is 0 Å². The van der Waals surface area contributed by atoms with Crippen LogP contribution in [0, 0.1) is 12.8 Å². The minimum absolute atomic E-state index is 0.185. The maximum Gasteiger partial charge on any atom is 0.361 e. The van der Waals surface area contributed by atoms with Gasteiger partial charge >= 0.3 is 5.95 Å². The maximum atomic E-state index is 13.8. The number of H-pyrrole nitrogens is 1. The third kappa shape index (κ3) is 3.65. The van der Waals surface area contributed by atoms with Crippen molar-refractivity contribution in [2.75, 3.05) is 24.9 Å². The molecule has 4 aromatic rings. The number of aryl methyl sites for hydroxylation is 1. The normalized spacial score (nSPS) is 17.1. The Bertz CT molecular complexity index is 1390. The van der Waals surface area contributed by atoms with Gasteiger partial charge in [0.25, 0.3) is 0 Å². The number of anilines is 2. The number of hydrogen-bond donors (Lipinski definition) is 3. The molecule has 0 aliphatic carbocycles. The molecule has 0 saturated heterocycles. The summed E-state index contributed by atoms with van der Waals surface area (Å²) in [5.74, 6) is 1.20. The van der Waals surface area contributed by atoms with E-state index in [0.717, 1.165) is 28.1 Å². The Labute approximate surface area is 198 Å². The van der Waals surface area contributed by atoms with Crippen molar-refractivity contribution in [2.45, 2.75) is 13.0 Å². The van der Waals surface area contributed by atoms with Gasteiger partial charge in [-0.2, -0.15) is 0 Å². The molecule has 0 saturated carbocycles. The molecular formula is C27H27N4O3+. The number of hydrogen-bond acceptors (Lipinski definition) is 4. The van der Waals surface area contributed by atoms with Crippen LogP contribution >= 0.6 is 0 Å². The first-order valence-electron chi connectivity index (χ1n) is 11.1. The summed E-state index contributed by atoms with van der Waals surface area (Å²) in [5, 5.41) is 6.38. The number of nitrogens with one attached hydrogen (secondary N) is 3. The van der Waals surface area contributed by atoms with Crippen molar-refractivity contribution in [1.82, 2.24) is 4.98 Å². The van der Waals surface area contributed by atoms with E-state index in [1.54, 1.807) is 32.4 Å². The summed E-state index contributed by atoms with van der Waals surface area (Å²) in [4.78, 5) is 17.2. The van der Waals surface area contributed by atoms with E-state index < -0.39 is 5.92 Å². The minimum Gasteiger partial charge on any atom is -0.497 e. The molecule has 0 radical (unpaired) electrons. The van der Waals surface area contributed by atoms with Crippen LogP contribution in [0.5, 0.6) is 11.5 Å². The van der Waals surface area contributed by atoms with Crippen LogP contribution in [0.4, 0.5) is 11.6 Å². The largest absolute Gasteiger partial charge is 0.497 e. The van der Waals surface area contributed by atoms with Gasteiger partial charge in [0.2, 0.25) is 5.91 Å². The molecule has 3 aromatic carbocycles. The number of amides is 1. The summed E-state index contributed by atoms with van der Waals surface area (Å²) in [6, 6.07) is 21.3. The molecule has 0 bridgehead atoms. The Morgan fingerprint density at radius 1 is 1.03 bits per heavy atom. The van der Waals surface area contributed by atoms with Crippen LogP contribution in [0.2, 0.25) is 0 Å². The standard InChI is InChI=1S/C27H26N4O3/c1-16-9-11-18(12-10-16)25-24(26(32)29-21-14-13-19(33-3)15-23(21)34-4)17(2)28-27-30-20-7-5-6-8-22(20)31(25)27/h5-15,24-25H,2H2,1,3-4H3,(H2,28,29,30,32)/p+1. The van der Waals surface area contributed by atoms with Gasteiger partial charge in [0.05, 0.1) is 25.6 Å². The van der Waals surface area contributed by atoms with E-state index in [9.17, 15) is 4.79 Å². The second kappa shape index (κ2) is 8.59. The van der Waals surface area contributed by atoms with Gasteiger partial charge < -0.3 is 14.8 Å². The van der Waals surface area contributed by atoms with Crippen molar-refractivity contribution < 1.29 is 18.8 Å². The third-order valence-corrected chi connectivity index (χ3v) is 6.27. The highest BCUT2D eigenvalue weighted by atomic mass is 16.5. The molecule has 2 atom stereocenters. The smallest absolute Gasteiger partial charge is 0.361 e. The predicted molar refractivity (Wildman–Crippen MR) is 132 cm³/mol. The van der Waals surface area contributed by atoms with Gasteiger partial charge in [-0.3, -0.25) is 4.79 Å². The van der Waals surface area contributed by atoms with Gasteiger partial charge in [0.15, 0.2) is 0 Å². The van der Waals surface area contributed by atoms with Gasteiger partial charge in [-0.1, -0.05) is 48.5 Å². The number of para-hydroxylation sites is 2. The molecule has 5 rings (SSSR count). The highest BCUT2D eigenvalue weighted by molar-refractivity contribution is 5.97. The van der Waals surface area contributed by atoms with Gasteiger partial charge in [-0.15, -0.1) is 0 Å². The summed E-state index contributed by atoms with van der Waals surface area (Å²) in [5.41, 5.74) is 5.34. The topological polar surface area (TPSA) is 79.3 Å². The summed E-state index contributed by atoms with van der Waals surface area (Å²) < 4.78 is 12.9. The lowest BCUT2D eigenvalue weighted by atomic mass is 9.87. The fraction of sp³-hybridized carbons (Fsp3) is 0.185. The van der Waals surface area contributed by atoms with Gasteiger partial charge in [0, 0.05) is 6.07 Å². The highest BCUT2D eigenvalue weighted by Gasteiger charge is 2.44. The zero-order chi connectivity index (χ0) is 23.8. The number of aromatic nitrogens is 2. The van der Waals surface area contributed by atoms with Crippen LogP contribution in [0.1, 0.15) is 17.2 Å². The van der Waals surface area contributed by atoms with Gasteiger partial charge in [0.1, 0.15) is 34.5 Å². The van der Waals surface area contributed by atoms with Crippen molar-refractivity contribution in [3.05, 3.63) is 90.1 Å². The summed E-state index contributed by atoms with van der Waals surface area (Å²) in [6.45, 7) is 6.29. The minimum atomic E-state index is -0.578. The number of imidazole rings is 1. The molecule has 2 heterocycles. The zero-order valence-corrected chi connectivity index (χ0v) is 19.4. The van der Waals surface area contributed by atoms with E-state index in [1.165, 1.54) is 0 Å². The molecule has 7 nitrogen and oxygen atoms in total. The Morgan fingerprint density at radius 3 is 2.53 bits per heavy atom. The second-order valence-corrected chi connectivity index (χ2v) is 8.40. The van der Waals surface area contributed by atoms with Crippen LogP contribution in [0.3, 0.4) is 0 Å². The molecule has 1 aromatic heterocycles. The van der Waals surface area contributed by atoms with Crippen molar-refractivity contribution in [2.24, 2.45) is 5.92 Å². The molecule has 172 valence electrons. The summed E-state index contributed by atoms with van der Waals surface area (Å²) in [6.07, 6.45) is 0. The Hall–Kier alpha value is -4.26. The molecule has 34 heavy (non-hydrogen) atoms. The van der Waals surface area contributed by atoms with Gasteiger partial charge in [-0.25, -0.2) is 14.9 Å². The Kier molecular flexibility index (Phi) is 5.45. The molecule has 7 heteroatoms. The molecule has 2 unspecified atom stereocenters. The number of ether oxygens (including phenoxy) is 2. The van der Waals surface area contributed by atoms with E-state index in [4.69, 9.17) is 9.47 Å². The van der Waals surface area contributed by atoms with Crippen molar-refractivity contribution in [3.8, 4) is 11.5 Å². The van der Waals surface area contributed by atoms with Crippen LogP contribution in [0.15, 0.2) is 79.0 Å². The number of benzene rings is 3. The molecule has 1 amide bonds. The average Bonchev–Trinajstić information content (AvgIpc) is 3.21. The SMILES string of the molecule is C=C1Nc2[nH]c3ccccc3[n+]2C(c2ccc(C)cc2)C1C(=O)Nc1ccc(OC)cc1OC. The third-order valence-electron chi connectivity index (χ3n) is 6.27. The maximum absolute atomic E-state index is 13.8. The van der Waals surface area contributed by atoms with Crippen LogP contribution in [0.25, 0.3) is 11.0 Å². The number of carbonyl (C=O) groups is 1. The van der Waals surface area contributed by atoms with Crippen molar-refractivity contribution >= 4 is 28.6 Å². The first kappa shape index (κ1) is 21.6. The summed E-state index contributed by atoms with van der Waals surface area (Å²) >= 11 is 0. The number of nitrogens with zero attached hydrogens (tertiary/aromatic N) is 1. The lowest BCUT2D eigenvalue weighted by Crippen LogP contribution is -2.53. The lowest BCUT2D eigenvalue weighted by molar-refractivity contribution is -0.681.